The fourth-order valence-electron chi connectivity index (χ4n) is 1.82. The summed E-state index contributed by atoms with van der Waals surface area (Å²) in [7, 11) is 1.55. The number of hydrazine groups is 1. The average Bonchev–Trinajstić information content (AvgIpc) is 2.44. The van der Waals surface area contributed by atoms with Crippen LogP contribution in [0.1, 0.15) is 17.3 Å². The summed E-state index contributed by atoms with van der Waals surface area (Å²) in [6.07, 6.45) is 1.64. The summed E-state index contributed by atoms with van der Waals surface area (Å²) in [5.74, 6) is 5.81. The second kappa shape index (κ2) is 6.10. The lowest BCUT2D eigenvalue weighted by Crippen LogP contribution is -2.30. The summed E-state index contributed by atoms with van der Waals surface area (Å²) in [5.41, 5.74) is 3.90. The number of hydrogen-bond acceptors (Lipinski definition) is 4. The van der Waals surface area contributed by atoms with Gasteiger partial charge in [-0.25, -0.2) is 9.82 Å². The van der Waals surface area contributed by atoms with Gasteiger partial charge in [-0.05, 0) is 45.8 Å². The Morgan fingerprint density at radius 1 is 1.42 bits per heavy atom. The number of methoxy groups -OCH3 is 1. The minimum Gasteiger partial charge on any atom is -0.495 e. The van der Waals surface area contributed by atoms with Crippen LogP contribution in [0.25, 0.3) is 0 Å². The smallest absolute Gasteiger partial charge is 0.142 e. The second-order valence-electron chi connectivity index (χ2n) is 3.86. The van der Waals surface area contributed by atoms with E-state index in [0.717, 1.165) is 0 Å². The SMILES string of the molecule is COc1cccnc1C(NN)c1ccc(Br)c(F)c1. The third-order valence-electron chi connectivity index (χ3n) is 2.74. The van der Waals surface area contributed by atoms with Crippen molar-refractivity contribution in [3.05, 3.63) is 58.1 Å². The lowest BCUT2D eigenvalue weighted by Gasteiger charge is -2.18. The van der Waals surface area contributed by atoms with Crippen LogP contribution in [0, 0.1) is 5.82 Å². The number of nitrogens with two attached hydrogens (primary N) is 1. The van der Waals surface area contributed by atoms with Crippen molar-refractivity contribution in [3.63, 3.8) is 0 Å². The number of benzene rings is 1. The Morgan fingerprint density at radius 2 is 2.21 bits per heavy atom. The summed E-state index contributed by atoms with van der Waals surface area (Å²) < 4.78 is 19.3. The molecule has 6 heteroatoms. The van der Waals surface area contributed by atoms with Gasteiger partial charge in [-0.1, -0.05) is 6.07 Å². The predicted octanol–water partition coefficient (Wildman–Crippen LogP) is 2.54. The number of rotatable bonds is 4. The largest absolute Gasteiger partial charge is 0.495 e. The summed E-state index contributed by atoms with van der Waals surface area (Å²) >= 11 is 3.12. The van der Waals surface area contributed by atoms with Gasteiger partial charge in [0.2, 0.25) is 0 Å². The van der Waals surface area contributed by atoms with Crippen LogP contribution in [0.15, 0.2) is 41.0 Å². The first kappa shape index (κ1) is 13.9. The fraction of sp³-hybridized carbons (Fsp3) is 0.154. The molecular weight excluding hydrogens is 313 g/mol. The second-order valence-corrected chi connectivity index (χ2v) is 4.72. The molecule has 1 atom stereocenters. The molecule has 0 aliphatic carbocycles. The van der Waals surface area contributed by atoms with Crippen molar-refractivity contribution in [2.75, 3.05) is 7.11 Å². The van der Waals surface area contributed by atoms with Gasteiger partial charge in [-0.2, -0.15) is 0 Å². The number of pyridine rings is 1. The maximum absolute atomic E-state index is 13.6. The van der Waals surface area contributed by atoms with E-state index in [9.17, 15) is 4.39 Å². The van der Waals surface area contributed by atoms with Crippen LogP contribution < -0.4 is 16.0 Å². The van der Waals surface area contributed by atoms with Crippen molar-refractivity contribution >= 4 is 15.9 Å². The molecule has 0 amide bonds. The van der Waals surface area contributed by atoms with E-state index in [1.807, 2.05) is 0 Å². The molecule has 19 heavy (non-hydrogen) atoms. The first-order valence-electron chi connectivity index (χ1n) is 5.57. The third-order valence-corrected chi connectivity index (χ3v) is 3.38. The number of nitrogens with zero attached hydrogens (tertiary/aromatic N) is 1. The Balaban J connectivity index is 2.46. The Morgan fingerprint density at radius 3 is 2.84 bits per heavy atom. The van der Waals surface area contributed by atoms with Crippen molar-refractivity contribution in [2.45, 2.75) is 6.04 Å². The van der Waals surface area contributed by atoms with Crippen molar-refractivity contribution in [2.24, 2.45) is 5.84 Å². The van der Waals surface area contributed by atoms with E-state index in [0.29, 0.717) is 21.5 Å². The van der Waals surface area contributed by atoms with Gasteiger partial charge in [0.25, 0.3) is 0 Å². The molecule has 0 aliphatic heterocycles. The fourth-order valence-corrected chi connectivity index (χ4v) is 2.06. The van der Waals surface area contributed by atoms with Gasteiger partial charge < -0.3 is 4.74 Å². The van der Waals surface area contributed by atoms with Gasteiger partial charge >= 0.3 is 0 Å². The van der Waals surface area contributed by atoms with E-state index in [4.69, 9.17) is 10.6 Å². The molecule has 0 bridgehead atoms. The number of nitrogens with one attached hydrogen (secondary N) is 1. The van der Waals surface area contributed by atoms with Crippen molar-refractivity contribution < 1.29 is 9.13 Å². The van der Waals surface area contributed by atoms with Crippen LogP contribution in [0.2, 0.25) is 0 Å². The van der Waals surface area contributed by atoms with Gasteiger partial charge in [0.15, 0.2) is 0 Å². The molecule has 1 unspecified atom stereocenters. The zero-order valence-corrected chi connectivity index (χ0v) is 11.8. The van der Waals surface area contributed by atoms with Gasteiger partial charge in [0, 0.05) is 6.20 Å². The van der Waals surface area contributed by atoms with Crippen LogP contribution in [-0.2, 0) is 0 Å². The highest BCUT2D eigenvalue weighted by Gasteiger charge is 2.19. The molecule has 0 saturated heterocycles. The zero-order valence-electron chi connectivity index (χ0n) is 10.2. The molecule has 1 heterocycles. The molecular formula is C13H13BrFN3O. The van der Waals surface area contributed by atoms with E-state index >= 15 is 0 Å². The summed E-state index contributed by atoms with van der Waals surface area (Å²) in [4.78, 5) is 4.25. The van der Waals surface area contributed by atoms with E-state index in [2.05, 4.69) is 26.3 Å². The zero-order chi connectivity index (χ0) is 13.8. The van der Waals surface area contributed by atoms with Crippen molar-refractivity contribution in [3.8, 4) is 5.75 Å². The number of halogens is 2. The van der Waals surface area contributed by atoms with Gasteiger partial charge in [0.05, 0.1) is 17.6 Å². The maximum Gasteiger partial charge on any atom is 0.142 e. The minimum atomic E-state index is -0.446. The molecule has 3 N–H and O–H groups in total. The minimum absolute atomic E-state index is 0.354. The predicted molar refractivity (Wildman–Crippen MR) is 74.1 cm³/mol. The Bertz CT molecular complexity index is 580. The highest BCUT2D eigenvalue weighted by atomic mass is 79.9. The highest BCUT2D eigenvalue weighted by molar-refractivity contribution is 9.10. The summed E-state index contributed by atoms with van der Waals surface area (Å²) in [6.45, 7) is 0. The van der Waals surface area contributed by atoms with Crippen LogP contribution in [0.5, 0.6) is 5.75 Å². The average molecular weight is 326 g/mol. The molecule has 0 aliphatic rings. The molecule has 1 aromatic carbocycles. The van der Waals surface area contributed by atoms with E-state index in [-0.39, 0.29) is 5.82 Å². The Kier molecular flexibility index (Phi) is 4.47. The highest BCUT2D eigenvalue weighted by Crippen LogP contribution is 2.29. The van der Waals surface area contributed by atoms with Gasteiger partial charge in [0.1, 0.15) is 17.3 Å². The first-order chi connectivity index (χ1) is 9.17. The van der Waals surface area contributed by atoms with Crippen LogP contribution in [0.3, 0.4) is 0 Å². The Labute approximate surface area is 118 Å². The van der Waals surface area contributed by atoms with Gasteiger partial charge in [-0.3, -0.25) is 10.8 Å². The lowest BCUT2D eigenvalue weighted by atomic mass is 10.0. The molecule has 0 radical (unpaired) electrons. The van der Waals surface area contributed by atoms with E-state index in [1.54, 1.807) is 37.6 Å². The molecule has 2 rings (SSSR count). The van der Waals surface area contributed by atoms with E-state index < -0.39 is 6.04 Å². The normalized spacial score (nSPS) is 12.2. The number of aromatic nitrogens is 1. The Hall–Kier alpha value is -1.50. The quantitative estimate of drug-likeness (QED) is 0.670. The monoisotopic (exact) mass is 325 g/mol. The van der Waals surface area contributed by atoms with Crippen molar-refractivity contribution in [1.29, 1.82) is 0 Å². The topological polar surface area (TPSA) is 60.2 Å². The lowest BCUT2D eigenvalue weighted by molar-refractivity contribution is 0.400. The first-order valence-corrected chi connectivity index (χ1v) is 6.36. The third kappa shape index (κ3) is 2.91. The number of hydrogen-bond donors (Lipinski definition) is 2. The maximum atomic E-state index is 13.6. The van der Waals surface area contributed by atoms with Crippen molar-refractivity contribution in [1.82, 2.24) is 10.4 Å². The molecule has 100 valence electrons. The summed E-state index contributed by atoms with van der Waals surface area (Å²) in [5, 5.41) is 0. The molecule has 4 nitrogen and oxygen atoms in total. The van der Waals surface area contributed by atoms with Crippen LogP contribution in [-0.4, -0.2) is 12.1 Å². The summed E-state index contributed by atoms with van der Waals surface area (Å²) in [6, 6.07) is 7.90. The van der Waals surface area contributed by atoms with Crippen LogP contribution in [0.4, 0.5) is 4.39 Å². The van der Waals surface area contributed by atoms with E-state index in [1.165, 1.54) is 6.07 Å². The molecule has 0 saturated carbocycles. The molecule has 1 aromatic heterocycles. The van der Waals surface area contributed by atoms with Gasteiger partial charge in [-0.15, -0.1) is 0 Å². The molecule has 0 spiro atoms. The number of ether oxygens (including phenoxy) is 1. The standard InChI is InChI=1S/C13H13BrFN3O/c1-19-11-3-2-6-17-13(11)12(18-16)8-4-5-9(14)10(15)7-8/h2-7,12,18H,16H2,1H3. The molecule has 0 fully saturated rings. The van der Waals surface area contributed by atoms with Crippen LogP contribution >= 0.6 is 15.9 Å². The molecule has 2 aromatic rings.